The van der Waals surface area contributed by atoms with E-state index in [-0.39, 0.29) is 5.91 Å². The predicted molar refractivity (Wildman–Crippen MR) is 137 cm³/mol. The molecule has 1 heterocycles. The lowest BCUT2D eigenvalue weighted by Crippen LogP contribution is -2.30. The smallest absolute Gasteiger partial charge is 0.251 e. The highest BCUT2D eigenvalue weighted by molar-refractivity contribution is 5.94. The van der Waals surface area contributed by atoms with E-state index in [4.69, 9.17) is 4.74 Å². The van der Waals surface area contributed by atoms with Gasteiger partial charge in [0.15, 0.2) is 0 Å². The highest BCUT2D eigenvalue weighted by Gasteiger charge is 2.09. The van der Waals surface area contributed by atoms with E-state index in [0.717, 1.165) is 49.1 Å². The number of hydrogen-bond donors (Lipinski definition) is 1. The van der Waals surface area contributed by atoms with Crippen LogP contribution in [0.2, 0.25) is 0 Å². The van der Waals surface area contributed by atoms with Crippen molar-refractivity contribution < 1.29 is 9.53 Å². The molecular weight excluding hydrogens is 422 g/mol. The Kier molecular flexibility index (Phi) is 8.64. The maximum Gasteiger partial charge on any atom is 0.251 e. The number of carbonyl (C=O) groups excluding carboxylic acids is 1. The van der Waals surface area contributed by atoms with Crippen LogP contribution in [-0.2, 0) is 6.54 Å². The zero-order valence-electron chi connectivity index (χ0n) is 19.4. The minimum absolute atomic E-state index is 0.0150. The van der Waals surface area contributed by atoms with Crippen molar-refractivity contribution in [2.45, 2.75) is 19.4 Å². The molecule has 0 fully saturated rings. The molecule has 0 radical (unpaired) electrons. The molecule has 0 saturated heterocycles. The highest BCUT2D eigenvalue weighted by atomic mass is 16.5. The molecule has 0 aliphatic carbocycles. The normalized spacial score (nSPS) is 11.0. The maximum atomic E-state index is 12.2. The second-order valence-corrected chi connectivity index (χ2v) is 8.27. The van der Waals surface area contributed by atoms with Gasteiger partial charge in [0.1, 0.15) is 17.9 Å². The molecule has 0 spiro atoms. The van der Waals surface area contributed by atoms with E-state index in [9.17, 15) is 4.79 Å². The van der Waals surface area contributed by atoms with Gasteiger partial charge < -0.3 is 10.1 Å². The Morgan fingerprint density at radius 1 is 0.824 bits per heavy atom. The summed E-state index contributed by atoms with van der Waals surface area (Å²) < 4.78 is 6.13. The Morgan fingerprint density at radius 2 is 1.59 bits per heavy atom. The molecule has 174 valence electrons. The van der Waals surface area contributed by atoms with Crippen molar-refractivity contribution in [2.24, 2.45) is 0 Å². The van der Waals surface area contributed by atoms with Crippen LogP contribution in [0.1, 0.15) is 28.8 Å². The summed E-state index contributed by atoms with van der Waals surface area (Å²) >= 11 is 0. The number of nitrogens with zero attached hydrogens (tertiary/aromatic N) is 2. The number of fused-ring (bicyclic) bond motifs is 1. The molecule has 5 nitrogen and oxygen atoms in total. The van der Waals surface area contributed by atoms with Crippen LogP contribution in [-0.4, -0.2) is 42.0 Å². The summed E-state index contributed by atoms with van der Waals surface area (Å²) in [7, 11) is 0. The first-order valence-corrected chi connectivity index (χ1v) is 11.9. The summed E-state index contributed by atoms with van der Waals surface area (Å²) in [6.07, 6.45) is 3.73. The van der Waals surface area contributed by atoms with Gasteiger partial charge in [-0.1, -0.05) is 66.7 Å². The number of para-hydroxylation sites is 1. The number of ether oxygens (including phenoxy) is 1. The minimum atomic E-state index is -0.0150. The summed E-state index contributed by atoms with van der Waals surface area (Å²) in [5.41, 5.74) is 2.88. The van der Waals surface area contributed by atoms with Gasteiger partial charge in [0.2, 0.25) is 0 Å². The molecule has 0 aliphatic heterocycles. The molecule has 0 atom stereocenters. The van der Waals surface area contributed by atoms with E-state index in [1.807, 2.05) is 66.7 Å². The lowest BCUT2D eigenvalue weighted by molar-refractivity contribution is 0.0952. The van der Waals surface area contributed by atoms with Gasteiger partial charge in [0.25, 0.3) is 5.91 Å². The molecule has 3 aromatic carbocycles. The number of aromatic nitrogens is 1. The van der Waals surface area contributed by atoms with Crippen molar-refractivity contribution in [1.29, 1.82) is 0 Å². The minimum Gasteiger partial charge on any atom is -0.490 e. The van der Waals surface area contributed by atoms with Crippen LogP contribution in [0.15, 0.2) is 97.2 Å². The molecule has 0 saturated carbocycles. The number of rotatable bonds is 12. The first kappa shape index (κ1) is 23.5. The zero-order valence-corrected chi connectivity index (χ0v) is 19.4. The van der Waals surface area contributed by atoms with Crippen molar-refractivity contribution >= 4 is 16.8 Å². The van der Waals surface area contributed by atoms with Gasteiger partial charge in [0.05, 0.1) is 0 Å². The quantitative estimate of drug-likeness (QED) is 0.295. The highest BCUT2D eigenvalue weighted by Crippen LogP contribution is 2.22. The summed E-state index contributed by atoms with van der Waals surface area (Å²) in [5.74, 6) is 0.806. The van der Waals surface area contributed by atoms with E-state index in [0.29, 0.717) is 18.7 Å². The van der Waals surface area contributed by atoms with Crippen LogP contribution >= 0.6 is 0 Å². The van der Waals surface area contributed by atoms with Crippen LogP contribution in [0, 0.1) is 0 Å². The molecule has 0 bridgehead atoms. The lowest BCUT2D eigenvalue weighted by atomic mass is 10.2. The van der Waals surface area contributed by atoms with Crippen molar-refractivity contribution in [3.05, 3.63) is 108 Å². The van der Waals surface area contributed by atoms with Crippen molar-refractivity contribution in [1.82, 2.24) is 15.2 Å². The zero-order chi connectivity index (χ0) is 23.4. The van der Waals surface area contributed by atoms with Gasteiger partial charge in [-0.2, -0.15) is 0 Å². The Balaban J connectivity index is 1.27. The van der Waals surface area contributed by atoms with E-state index in [1.54, 1.807) is 6.20 Å². The molecular formula is C29H31N3O2. The van der Waals surface area contributed by atoms with Crippen LogP contribution in [0.3, 0.4) is 0 Å². The van der Waals surface area contributed by atoms with Crippen LogP contribution in [0.25, 0.3) is 10.9 Å². The molecule has 5 heteroatoms. The Labute approximate surface area is 201 Å². The maximum absolute atomic E-state index is 12.2. The van der Waals surface area contributed by atoms with Gasteiger partial charge in [-0.25, -0.2) is 0 Å². The summed E-state index contributed by atoms with van der Waals surface area (Å²) in [5, 5.41) is 4.10. The molecule has 0 unspecified atom stereocenters. The second-order valence-electron chi connectivity index (χ2n) is 8.27. The topological polar surface area (TPSA) is 54.5 Å². The van der Waals surface area contributed by atoms with Gasteiger partial charge in [0, 0.05) is 36.8 Å². The number of benzene rings is 3. The molecule has 0 aliphatic rings. The van der Waals surface area contributed by atoms with E-state index < -0.39 is 0 Å². The largest absolute Gasteiger partial charge is 0.490 e. The van der Waals surface area contributed by atoms with E-state index >= 15 is 0 Å². The van der Waals surface area contributed by atoms with Crippen molar-refractivity contribution in [3.63, 3.8) is 0 Å². The van der Waals surface area contributed by atoms with Crippen LogP contribution < -0.4 is 10.1 Å². The van der Waals surface area contributed by atoms with Gasteiger partial charge in [-0.05, 0) is 49.2 Å². The average Bonchev–Trinajstić information content (AvgIpc) is 2.89. The third kappa shape index (κ3) is 6.90. The fourth-order valence-electron chi connectivity index (χ4n) is 3.94. The average molecular weight is 454 g/mol. The fourth-order valence-corrected chi connectivity index (χ4v) is 3.94. The van der Waals surface area contributed by atoms with Gasteiger partial charge >= 0.3 is 0 Å². The van der Waals surface area contributed by atoms with Crippen molar-refractivity contribution in [3.8, 4) is 5.75 Å². The number of unbranched alkanes of at least 4 members (excludes halogenated alkanes) is 1. The first-order chi connectivity index (χ1) is 16.8. The third-order valence-corrected chi connectivity index (χ3v) is 5.73. The summed E-state index contributed by atoms with van der Waals surface area (Å²) in [6.45, 7) is 3.88. The molecule has 4 aromatic rings. The number of pyridine rings is 1. The predicted octanol–water partition coefficient (Wildman–Crippen LogP) is 5.33. The molecule has 1 amide bonds. The fraction of sp³-hybridized carbons (Fsp3) is 0.241. The number of hydrogen-bond acceptors (Lipinski definition) is 4. The van der Waals surface area contributed by atoms with Crippen LogP contribution in [0.4, 0.5) is 0 Å². The SMILES string of the molecule is O=C(NCCCCN(CCOc1cccc2cccnc12)Cc1ccccc1)c1ccccc1. The number of nitrogens with one attached hydrogen (secondary N) is 1. The third-order valence-electron chi connectivity index (χ3n) is 5.73. The summed E-state index contributed by atoms with van der Waals surface area (Å²) in [6, 6.07) is 29.9. The van der Waals surface area contributed by atoms with Crippen LogP contribution in [0.5, 0.6) is 5.75 Å². The monoisotopic (exact) mass is 453 g/mol. The molecule has 4 rings (SSSR count). The standard InChI is InChI=1S/C29H31N3O2/c33-29(26-13-5-2-6-14-26)31-18-7-8-20-32(23-24-11-3-1-4-12-24)21-22-34-27-17-9-15-25-16-10-19-30-28(25)27/h1-6,9-17,19H,7-8,18,20-23H2,(H,31,33). The Morgan fingerprint density at radius 3 is 2.41 bits per heavy atom. The number of carbonyl (C=O) groups is 1. The molecule has 1 aromatic heterocycles. The summed E-state index contributed by atoms with van der Waals surface area (Å²) in [4.78, 5) is 19.1. The van der Waals surface area contributed by atoms with Crippen molar-refractivity contribution in [2.75, 3.05) is 26.2 Å². The van der Waals surface area contributed by atoms with E-state index in [1.165, 1.54) is 5.56 Å². The van der Waals surface area contributed by atoms with E-state index in [2.05, 4.69) is 39.5 Å². The van der Waals surface area contributed by atoms with Gasteiger partial charge in [-0.15, -0.1) is 0 Å². The second kappa shape index (κ2) is 12.5. The van der Waals surface area contributed by atoms with Gasteiger partial charge in [-0.3, -0.25) is 14.7 Å². The molecule has 1 N–H and O–H groups in total. The molecule has 34 heavy (non-hydrogen) atoms. The Hall–Kier alpha value is -3.70. The lowest BCUT2D eigenvalue weighted by Gasteiger charge is -2.23. The number of amides is 1. The Bertz CT molecular complexity index is 1160. The first-order valence-electron chi connectivity index (χ1n) is 11.9.